The summed E-state index contributed by atoms with van der Waals surface area (Å²) in [6, 6.07) is 0. The Balaban J connectivity index is 2.56. The molecule has 0 aromatic carbocycles. The molecule has 0 bridgehead atoms. The fourth-order valence-corrected chi connectivity index (χ4v) is 1.23. The number of carbonyl (C=O) groups excluding carboxylic acids is 1. The predicted octanol–water partition coefficient (Wildman–Crippen LogP) is 1.24. The lowest BCUT2D eigenvalue weighted by molar-refractivity contribution is -0.132. The molecule has 0 saturated heterocycles. The van der Waals surface area contributed by atoms with Crippen LogP contribution in [0.4, 0.5) is 18.9 Å². The van der Waals surface area contributed by atoms with E-state index in [-0.39, 0.29) is 11.4 Å². The van der Waals surface area contributed by atoms with Crippen molar-refractivity contribution in [1.29, 1.82) is 0 Å². The Morgan fingerprint density at radius 1 is 1.53 bits per heavy atom. The number of aryl methyl sites for hydroxylation is 1. The Kier molecular flexibility index (Phi) is 3.97. The van der Waals surface area contributed by atoms with Gasteiger partial charge in [0.15, 0.2) is 5.69 Å². The van der Waals surface area contributed by atoms with Gasteiger partial charge in [-0.1, -0.05) is 6.92 Å². The van der Waals surface area contributed by atoms with Gasteiger partial charge >= 0.3 is 6.18 Å². The van der Waals surface area contributed by atoms with Crippen LogP contribution < -0.4 is 11.1 Å². The molecule has 1 rings (SSSR count). The largest absolute Gasteiger partial charge is 0.395 e. The highest BCUT2D eigenvalue weighted by Crippen LogP contribution is 2.18. The zero-order valence-electron chi connectivity index (χ0n) is 9.19. The third-order valence-corrected chi connectivity index (χ3v) is 2.15. The van der Waals surface area contributed by atoms with E-state index in [0.29, 0.717) is 12.1 Å². The summed E-state index contributed by atoms with van der Waals surface area (Å²) in [5.74, 6) is -0.706. The molecule has 0 spiro atoms. The maximum Gasteiger partial charge on any atom is 0.390 e. The molecule has 1 heterocycles. The summed E-state index contributed by atoms with van der Waals surface area (Å²) in [5.41, 5.74) is 6.30. The van der Waals surface area contributed by atoms with Crippen molar-refractivity contribution < 1.29 is 18.0 Å². The Bertz CT molecular complexity index is 399. The minimum absolute atomic E-state index is 0.0657. The number of halogens is 3. The smallest absolute Gasteiger partial charge is 0.390 e. The van der Waals surface area contributed by atoms with E-state index in [1.165, 1.54) is 0 Å². The summed E-state index contributed by atoms with van der Waals surface area (Å²) in [6.45, 7) is 1.32. The van der Waals surface area contributed by atoms with Crippen LogP contribution in [0.25, 0.3) is 0 Å². The Labute approximate surface area is 95.6 Å². The van der Waals surface area contributed by atoms with E-state index in [1.807, 2.05) is 6.92 Å². The van der Waals surface area contributed by atoms with Gasteiger partial charge in [0.05, 0.1) is 17.8 Å². The molecule has 0 aliphatic rings. The molecule has 0 aliphatic heterocycles. The van der Waals surface area contributed by atoms with Crippen LogP contribution in [-0.4, -0.2) is 28.8 Å². The normalized spacial score (nSPS) is 11.5. The van der Waals surface area contributed by atoms with E-state index in [4.69, 9.17) is 5.73 Å². The summed E-state index contributed by atoms with van der Waals surface area (Å²) < 4.78 is 35.5. The predicted molar refractivity (Wildman–Crippen MR) is 55.4 cm³/mol. The number of aromatic amines is 1. The quantitative estimate of drug-likeness (QED) is 0.751. The monoisotopic (exact) mass is 250 g/mol. The number of alkyl halides is 3. The summed E-state index contributed by atoms with van der Waals surface area (Å²) >= 11 is 0. The number of nitrogens with zero attached hydrogens (tertiary/aromatic N) is 1. The first-order valence-electron chi connectivity index (χ1n) is 5.02. The first-order chi connectivity index (χ1) is 7.85. The Morgan fingerprint density at radius 3 is 2.65 bits per heavy atom. The van der Waals surface area contributed by atoms with Crippen LogP contribution in [0.1, 0.15) is 29.5 Å². The molecule has 96 valence electrons. The van der Waals surface area contributed by atoms with Crippen molar-refractivity contribution in [2.75, 3.05) is 12.3 Å². The minimum Gasteiger partial charge on any atom is -0.395 e. The SMILES string of the molecule is CCc1[nH]nc(C(=O)NCCC(F)(F)F)c1N. The van der Waals surface area contributed by atoms with Crippen LogP contribution in [-0.2, 0) is 6.42 Å². The van der Waals surface area contributed by atoms with Gasteiger partial charge in [-0.25, -0.2) is 0 Å². The van der Waals surface area contributed by atoms with Crippen LogP contribution in [0.5, 0.6) is 0 Å². The molecule has 17 heavy (non-hydrogen) atoms. The molecular formula is C9H13F3N4O. The number of aromatic nitrogens is 2. The van der Waals surface area contributed by atoms with Gasteiger partial charge in [0, 0.05) is 6.54 Å². The number of amides is 1. The fourth-order valence-electron chi connectivity index (χ4n) is 1.23. The number of nitrogens with two attached hydrogens (primary N) is 1. The van der Waals surface area contributed by atoms with Crippen LogP contribution >= 0.6 is 0 Å². The maximum absolute atomic E-state index is 11.8. The summed E-state index contributed by atoms with van der Waals surface area (Å²) in [6.07, 6.45) is -4.81. The van der Waals surface area contributed by atoms with Gasteiger partial charge in [0.25, 0.3) is 5.91 Å². The van der Waals surface area contributed by atoms with Crippen molar-refractivity contribution in [3.8, 4) is 0 Å². The number of nitrogens with one attached hydrogen (secondary N) is 2. The lowest BCUT2D eigenvalue weighted by Crippen LogP contribution is -2.28. The Hall–Kier alpha value is -1.73. The van der Waals surface area contributed by atoms with Crippen molar-refractivity contribution in [3.05, 3.63) is 11.4 Å². The van der Waals surface area contributed by atoms with Crippen LogP contribution in [0.15, 0.2) is 0 Å². The number of nitrogen functional groups attached to an aromatic ring is 1. The standard InChI is InChI=1S/C9H13F3N4O/c1-2-5-6(13)7(16-15-5)8(17)14-4-3-9(10,11)12/h2-4,13H2,1H3,(H,14,17)(H,15,16). The highest BCUT2D eigenvalue weighted by atomic mass is 19.4. The molecule has 4 N–H and O–H groups in total. The van der Waals surface area contributed by atoms with Gasteiger partial charge < -0.3 is 11.1 Å². The van der Waals surface area contributed by atoms with Gasteiger partial charge in [0.1, 0.15) is 0 Å². The topological polar surface area (TPSA) is 83.8 Å². The highest BCUT2D eigenvalue weighted by molar-refractivity contribution is 5.97. The van der Waals surface area contributed by atoms with E-state index in [1.54, 1.807) is 0 Å². The van der Waals surface area contributed by atoms with Crippen molar-refractivity contribution in [1.82, 2.24) is 15.5 Å². The molecule has 1 aromatic heterocycles. The molecule has 0 fully saturated rings. The molecule has 1 amide bonds. The van der Waals surface area contributed by atoms with Crippen molar-refractivity contribution >= 4 is 11.6 Å². The van der Waals surface area contributed by atoms with Crippen LogP contribution in [0.2, 0.25) is 0 Å². The highest BCUT2D eigenvalue weighted by Gasteiger charge is 2.27. The second kappa shape index (κ2) is 5.07. The molecule has 0 saturated carbocycles. The van der Waals surface area contributed by atoms with Gasteiger partial charge in [-0.05, 0) is 6.42 Å². The molecule has 0 unspecified atom stereocenters. The van der Waals surface area contributed by atoms with Crippen LogP contribution in [0.3, 0.4) is 0 Å². The van der Waals surface area contributed by atoms with E-state index in [0.717, 1.165) is 0 Å². The molecule has 0 atom stereocenters. The number of rotatable bonds is 4. The number of anilines is 1. The van der Waals surface area contributed by atoms with Gasteiger partial charge in [0.2, 0.25) is 0 Å². The lowest BCUT2D eigenvalue weighted by Gasteiger charge is -2.06. The first kappa shape index (κ1) is 13.3. The average Bonchev–Trinajstić information content (AvgIpc) is 2.57. The summed E-state index contributed by atoms with van der Waals surface area (Å²) in [5, 5.41) is 8.32. The molecule has 5 nitrogen and oxygen atoms in total. The van der Waals surface area contributed by atoms with Gasteiger partial charge in [-0.3, -0.25) is 9.89 Å². The lowest BCUT2D eigenvalue weighted by atomic mass is 10.2. The van der Waals surface area contributed by atoms with Crippen LogP contribution in [0, 0.1) is 0 Å². The van der Waals surface area contributed by atoms with Crippen molar-refractivity contribution in [2.45, 2.75) is 25.9 Å². The fraction of sp³-hybridized carbons (Fsp3) is 0.556. The van der Waals surface area contributed by atoms with Gasteiger partial charge in [-0.2, -0.15) is 18.3 Å². The van der Waals surface area contributed by atoms with E-state index >= 15 is 0 Å². The molecule has 0 radical (unpaired) electrons. The Morgan fingerprint density at radius 2 is 2.18 bits per heavy atom. The molecular weight excluding hydrogens is 237 g/mol. The number of hydrogen-bond donors (Lipinski definition) is 3. The van der Waals surface area contributed by atoms with E-state index in [2.05, 4.69) is 15.5 Å². The third-order valence-electron chi connectivity index (χ3n) is 2.15. The number of hydrogen-bond acceptors (Lipinski definition) is 3. The first-order valence-corrected chi connectivity index (χ1v) is 5.02. The maximum atomic E-state index is 11.8. The molecule has 0 aliphatic carbocycles. The second-order valence-electron chi connectivity index (χ2n) is 3.44. The second-order valence-corrected chi connectivity index (χ2v) is 3.44. The average molecular weight is 250 g/mol. The third kappa shape index (κ3) is 3.65. The zero-order valence-corrected chi connectivity index (χ0v) is 9.19. The minimum atomic E-state index is -4.29. The summed E-state index contributed by atoms with van der Waals surface area (Å²) in [4.78, 5) is 11.4. The van der Waals surface area contributed by atoms with Gasteiger partial charge in [-0.15, -0.1) is 0 Å². The summed E-state index contributed by atoms with van der Waals surface area (Å²) in [7, 11) is 0. The zero-order chi connectivity index (χ0) is 13.1. The molecule has 8 heteroatoms. The number of H-pyrrole nitrogens is 1. The molecule has 1 aromatic rings. The van der Waals surface area contributed by atoms with Crippen molar-refractivity contribution in [3.63, 3.8) is 0 Å². The number of carbonyl (C=O) groups is 1. The van der Waals surface area contributed by atoms with E-state index < -0.39 is 25.0 Å². The van der Waals surface area contributed by atoms with E-state index in [9.17, 15) is 18.0 Å². The van der Waals surface area contributed by atoms with Crippen molar-refractivity contribution in [2.24, 2.45) is 0 Å².